The first kappa shape index (κ1) is 18.2. The Morgan fingerprint density at radius 2 is 1.85 bits per heavy atom. The van der Waals surface area contributed by atoms with Crippen molar-refractivity contribution in [2.75, 3.05) is 24.6 Å². The molecule has 2 heterocycles. The number of benzene rings is 2. The molecular formula is C22H25ClN2O2. The summed E-state index contributed by atoms with van der Waals surface area (Å²) in [6.45, 7) is 3.01. The van der Waals surface area contributed by atoms with Crippen molar-refractivity contribution in [2.24, 2.45) is 0 Å². The van der Waals surface area contributed by atoms with E-state index in [4.69, 9.17) is 16.3 Å². The first-order valence-electron chi connectivity index (χ1n) is 9.71. The number of nitrogens with zero attached hydrogens (tertiary/aromatic N) is 2. The van der Waals surface area contributed by atoms with Gasteiger partial charge in [0.2, 0.25) is 5.91 Å². The Kier molecular flexibility index (Phi) is 5.53. The van der Waals surface area contributed by atoms with Crippen LogP contribution in [-0.4, -0.2) is 36.5 Å². The van der Waals surface area contributed by atoms with Crippen molar-refractivity contribution >= 4 is 23.2 Å². The van der Waals surface area contributed by atoms with Gasteiger partial charge in [-0.3, -0.25) is 4.79 Å². The number of amides is 1. The van der Waals surface area contributed by atoms with Crippen LogP contribution in [0.2, 0.25) is 5.02 Å². The molecule has 2 aromatic rings. The highest BCUT2D eigenvalue weighted by Gasteiger charge is 2.31. The number of rotatable bonds is 4. The largest absolute Gasteiger partial charge is 0.489 e. The maximum atomic E-state index is 12.9. The fourth-order valence-electron chi connectivity index (χ4n) is 3.95. The van der Waals surface area contributed by atoms with Crippen LogP contribution in [0.25, 0.3) is 0 Å². The number of likely N-dealkylation sites (tertiary alicyclic amines) is 1. The summed E-state index contributed by atoms with van der Waals surface area (Å²) in [4.78, 5) is 17.2. The van der Waals surface area contributed by atoms with Crippen LogP contribution in [0.3, 0.4) is 0 Å². The highest BCUT2D eigenvalue weighted by Crippen LogP contribution is 2.38. The number of hydrogen-bond acceptors (Lipinski definition) is 3. The molecule has 27 heavy (non-hydrogen) atoms. The molecule has 2 aromatic carbocycles. The Bertz CT molecular complexity index is 790. The second-order valence-corrected chi connectivity index (χ2v) is 7.77. The second kappa shape index (κ2) is 8.22. The van der Waals surface area contributed by atoms with Crippen molar-refractivity contribution in [3.05, 3.63) is 59.1 Å². The van der Waals surface area contributed by atoms with Gasteiger partial charge in [0.1, 0.15) is 12.4 Å². The van der Waals surface area contributed by atoms with Crippen molar-refractivity contribution in [2.45, 2.75) is 38.3 Å². The predicted molar refractivity (Wildman–Crippen MR) is 108 cm³/mol. The Morgan fingerprint density at radius 1 is 1.07 bits per heavy atom. The van der Waals surface area contributed by atoms with Crippen LogP contribution in [0.5, 0.6) is 5.75 Å². The van der Waals surface area contributed by atoms with Crippen molar-refractivity contribution in [1.82, 2.24) is 4.90 Å². The van der Waals surface area contributed by atoms with Gasteiger partial charge in [0.05, 0.1) is 18.2 Å². The summed E-state index contributed by atoms with van der Waals surface area (Å²) in [5.74, 6) is 1.06. The van der Waals surface area contributed by atoms with Gasteiger partial charge >= 0.3 is 0 Å². The molecule has 0 bridgehead atoms. The number of ether oxygens (including phenoxy) is 1. The lowest BCUT2D eigenvalue weighted by Crippen LogP contribution is -2.47. The fourth-order valence-corrected chi connectivity index (χ4v) is 4.11. The minimum atomic E-state index is 0.00518. The molecule has 0 saturated carbocycles. The lowest BCUT2D eigenvalue weighted by Gasteiger charge is -2.39. The monoisotopic (exact) mass is 384 g/mol. The summed E-state index contributed by atoms with van der Waals surface area (Å²) < 4.78 is 5.98. The average Bonchev–Trinajstić information content (AvgIpc) is 2.71. The SMILES string of the molecule is O=C(CC1COc2ccc(Cl)cc2N1Cc1ccccc1)N1CCCCC1. The van der Waals surface area contributed by atoms with Crippen LogP contribution in [0.1, 0.15) is 31.2 Å². The van der Waals surface area contributed by atoms with E-state index in [2.05, 4.69) is 17.0 Å². The molecule has 142 valence electrons. The molecule has 1 unspecified atom stereocenters. The van der Waals surface area contributed by atoms with E-state index in [0.29, 0.717) is 18.1 Å². The van der Waals surface area contributed by atoms with Gasteiger partial charge in [0, 0.05) is 24.7 Å². The van der Waals surface area contributed by atoms with Crippen LogP contribution in [0, 0.1) is 0 Å². The summed E-state index contributed by atoms with van der Waals surface area (Å²) in [5, 5.41) is 0.679. The third-order valence-electron chi connectivity index (χ3n) is 5.42. The molecule has 1 atom stereocenters. The fraction of sp³-hybridized carbons (Fsp3) is 0.409. The van der Waals surface area contributed by atoms with E-state index in [1.165, 1.54) is 12.0 Å². The Labute approximate surface area is 165 Å². The van der Waals surface area contributed by atoms with Gasteiger partial charge in [-0.15, -0.1) is 0 Å². The lowest BCUT2D eigenvalue weighted by atomic mass is 10.0. The smallest absolute Gasteiger partial charge is 0.224 e. The Balaban J connectivity index is 1.58. The maximum Gasteiger partial charge on any atom is 0.224 e. The molecule has 1 fully saturated rings. The van der Waals surface area contributed by atoms with Gasteiger partial charge in [0.25, 0.3) is 0 Å². The molecule has 0 radical (unpaired) electrons. The van der Waals surface area contributed by atoms with E-state index in [9.17, 15) is 4.79 Å². The van der Waals surface area contributed by atoms with Crippen LogP contribution in [0.4, 0.5) is 5.69 Å². The van der Waals surface area contributed by atoms with Crippen molar-refractivity contribution < 1.29 is 9.53 Å². The van der Waals surface area contributed by atoms with Gasteiger partial charge in [-0.25, -0.2) is 0 Å². The van der Waals surface area contributed by atoms with E-state index < -0.39 is 0 Å². The van der Waals surface area contributed by atoms with Crippen LogP contribution in [-0.2, 0) is 11.3 Å². The molecule has 2 aliphatic rings. The summed E-state index contributed by atoms with van der Waals surface area (Å²) in [6, 6.07) is 16.0. The zero-order valence-corrected chi connectivity index (χ0v) is 16.2. The molecule has 1 saturated heterocycles. The molecule has 2 aliphatic heterocycles. The minimum absolute atomic E-state index is 0.00518. The van der Waals surface area contributed by atoms with E-state index in [0.717, 1.165) is 43.9 Å². The molecule has 1 amide bonds. The first-order chi connectivity index (χ1) is 13.2. The zero-order chi connectivity index (χ0) is 18.6. The molecule has 5 heteroatoms. The van der Waals surface area contributed by atoms with Crippen molar-refractivity contribution in [3.63, 3.8) is 0 Å². The molecule has 0 spiro atoms. The Hall–Kier alpha value is -2.20. The standard InChI is InChI=1S/C22H25ClN2O2/c23-18-9-10-21-20(13-18)25(15-17-7-3-1-4-8-17)19(16-27-21)14-22(26)24-11-5-2-6-12-24/h1,3-4,7-10,13,19H,2,5-6,11-12,14-16H2. The third-order valence-corrected chi connectivity index (χ3v) is 5.65. The molecule has 0 aromatic heterocycles. The third kappa shape index (κ3) is 4.22. The predicted octanol–water partition coefficient (Wildman–Crippen LogP) is 4.51. The van der Waals surface area contributed by atoms with E-state index in [-0.39, 0.29) is 11.9 Å². The van der Waals surface area contributed by atoms with Crippen molar-refractivity contribution in [1.29, 1.82) is 0 Å². The molecular weight excluding hydrogens is 360 g/mol. The van der Waals surface area contributed by atoms with Crippen LogP contribution >= 0.6 is 11.6 Å². The number of carbonyl (C=O) groups is 1. The van der Waals surface area contributed by atoms with Gasteiger partial charge in [0.15, 0.2) is 0 Å². The topological polar surface area (TPSA) is 32.8 Å². The number of halogens is 1. The average molecular weight is 385 g/mol. The van der Waals surface area contributed by atoms with Gasteiger partial charge < -0.3 is 14.5 Å². The van der Waals surface area contributed by atoms with Gasteiger partial charge in [-0.2, -0.15) is 0 Å². The van der Waals surface area contributed by atoms with Crippen molar-refractivity contribution in [3.8, 4) is 5.75 Å². The van der Waals surface area contributed by atoms with Crippen LogP contribution in [0.15, 0.2) is 48.5 Å². The first-order valence-corrected chi connectivity index (χ1v) is 10.1. The zero-order valence-electron chi connectivity index (χ0n) is 15.4. The number of fused-ring (bicyclic) bond motifs is 1. The number of carbonyl (C=O) groups excluding carboxylic acids is 1. The minimum Gasteiger partial charge on any atom is -0.489 e. The lowest BCUT2D eigenvalue weighted by molar-refractivity contribution is -0.132. The van der Waals surface area contributed by atoms with Gasteiger partial charge in [-0.1, -0.05) is 41.9 Å². The second-order valence-electron chi connectivity index (χ2n) is 7.34. The number of piperidine rings is 1. The Morgan fingerprint density at radius 3 is 2.63 bits per heavy atom. The normalized spacial score (nSPS) is 19.4. The van der Waals surface area contributed by atoms with E-state index in [1.54, 1.807) is 0 Å². The molecule has 0 N–H and O–H groups in total. The number of anilines is 1. The highest BCUT2D eigenvalue weighted by atomic mass is 35.5. The summed E-state index contributed by atoms with van der Waals surface area (Å²) >= 11 is 6.26. The number of hydrogen-bond donors (Lipinski definition) is 0. The van der Waals surface area contributed by atoms with E-state index >= 15 is 0 Å². The molecule has 4 nitrogen and oxygen atoms in total. The summed E-state index contributed by atoms with van der Waals surface area (Å²) in [7, 11) is 0. The highest BCUT2D eigenvalue weighted by molar-refractivity contribution is 6.31. The molecule has 4 rings (SSSR count). The van der Waals surface area contributed by atoms with Gasteiger partial charge in [-0.05, 0) is 43.0 Å². The summed E-state index contributed by atoms with van der Waals surface area (Å²) in [6.07, 6.45) is 3.92. The van der Waals surface area contributed by atoms with E-state index in [1.807, 2.05) is 41.3 Å². The summed E-state index contributed by atoms with van der Waals surface area (Å²) in [5.41, 5.74) is 2.18. The molecule has 0 aliphatic carbocycles. The van der Waals surface area contributed by atoms with Crippen LogP contribution < -0.4 is 9.64 Å². The quantitative estimate of drug-likeness (QED) is 0.777. The maximum absolute atomic E-state index is 12.9.